The maximum Gasteiger partial charge on any atom is 0.338 e. The van der Waals surface area contributed by atoms with Crippen LogP contribution in [0.3, 0.4) is 0 Å². The first kappa shape index (κ1) is 20.0. The summed E-state index contributed by atoms with van der Waals surface area (Å²) in [7, 11) is -3.81. The van der Waals surface area contributed by atoms with Crippen molar-refractivity contribution in [1.29, 1.82) is 0 Å². The van der Waals surface area contributed by atoms with Crippen molar-refractivity contribution in [3.05, 3.63) is 64.5 Å². The summed E-state index contributed by atoms with van der Waals surface area (Å²) < 4.78 is 32.6. The number of ether oxygens (including phenoxy) is 1. The Morgan fingerprint density at radius 2 is 1.86 bits per heavy atom. The summed E-state index contributed by atoms with van der Waals surface area (Å²) in [5.41, 5.74) is 4.17. The van der Waals surface area contributed by atoms with Gasteiger partial charge in [0.25, 0.3) is 10.0 Å². The minimum atomic E-state index is -3.81. The molecule has 1 heterocycles. The van der Waals surface area contributed by atoms with Crippen molar-refractivity contribution in [3.8, 4) is 11.3 Å². The van der Waals surface area contributed by atoms with E-state index in [9.17, 15) is 13.2 Å². The van der Waals surface area contributed by atoms with Gasteiger partial charge in [0.15, 0.2) is 5.13 Å². The number of benzene rings is 2. The molecule has 0 unspecified atom stereocenters. The van der Waals surface area contributed by atoms with Crippen LogP contribution in [-0.2, 0) is 14.8 Å². The number of thiazole rings is 1. The molecule has 28 heavy (non-hydrogen) atoms. The molecule has 0 atom stereocenters. The fourth-order valence-corrected chi connectivity index (χ4v) is 4.58. The Morgan fingerprint density at radius 3 is 2.54 bits per heavy atom. The quantitative estimate of drug-likeness (QED) is 0.602. The minimum absolute atomic E-state index is 0.0454. The lowest BCUT2D eigenvalue weighted by atomic mass is 10.0. The van der Waals surface area contributed by atoms with Crippen LogP contribution in [-0.4, -0.2) is 26.0 Å². The first-order valence-corrected chi connectivity index (χ1v) is 11.0. The summed E-state index contributed by atoms with van der Waals surface area (Å²) in [6, 6.07) is 11.7. The second-order valence-electron chi connectivity index (χ2n) is 6.21. The van der Waals surface area contributed by atoms with E-state index in [4.69, 9.17) is 4.74 Å². The topological polar surface area (TPSA) is 85.4 Å². The zero-order valence-corrected chi connectivity index (χ0v) is 17.4. The van der Waals surface area contributed by atoms with E-state index in [-0.39, 0.29) is 16.6 Å². The monoisotopic (exact) mass is 416 g/mol. The largest absolute Gasteiger partial charge is 0.462 e. The number of carbonyl (C=O) groups is 1. The maximum atomic E-state index is 12.6. The molecule has 0 amide bonds. The molecule has 3 rings (SSSR count). The smallest absolute Gasteiger partial charge is 0.338 e. The van der Waals surface area contributed by atoms with Crippen LogP contribution in [0.1, 0.15) is 28.4 Å². The van der Waals surface area contributed by atoms with E-state index in [1.54, 1.807) is 6.92 Å². The summed E-state index contributed by atoms with van der Waals surface area (Å²) in [5.74, 6) is -0.488. The van der Waals surface area contributed by atoms with Crippen LogP contribution in [0.25, 0.3) is 11.3 Å². The molecule has 0 aliphatic carbocycles. The number of hydrogen-bond donors (Lipinski definition) is 1. The highest BCUT2D eigenvalue weighted by Crippen LogP contribution is 2.29. The molecule has 8 heteroatoms. The fraction of sp³-hybridized carbons (Fsp3) is 0.200. The number of nitrogens with one attached hydrogen (secondary N) is 1. The summed E-state index contributed by atoms with van der Waals surface area (Å²) in [6.45, 7) is 5.95. The van der Waals surface area contributed by atoms with Gasteiger partial charge in [0.05, 0.1) is 22.8 Å². The Hall–Kier alpha value is -2.71. The molecule has 6 nitrogen and oxygen atoms in total. The molecule has 3 aromatic rings. The van der Waals surface area contributed by atoms with Gasteiger partial charge in [-0.15, -0.1) is 11.3 Å². The predicted molar refractivity (Wildman–Crippen MR) is 110 cm³/mol. The standard InChI is InChI=1S/C20H20N2O4S2/c1-4-26-19(23)15-7-9-16(10-8-15)28(24,25)22-20-21-18(12-27-20)17-11-13(2)5-6-14(17)3/h5-12H,4H2,1-3H3,(H,21,22). The van der Waals surface area contributed by atoms with Crippen LogP contribution in [0.2, 0.25) is 0 Å². The minimum Gasteiger partial charge on any atom is -0.462 e. The van der Waals surface area contributed by atoms with E-state index in [0.29, 0.717) is 5.56 Å². The molecular weight excluding hydrogens is 396 g/mol. The summed E-state index contributed by atoms with van der Waals surface area (Å²) in [6.07, 6.45) is 0. The molecule has 0 saturated heterocycles. The van der Waals surface area contributed by atoms with Crippen LogP contribution in [0.15, 0.2) is 52.7 Å². The average Bonchev–Trinajstić information content (AvgIpc) is 3.11. The lowest BCUT2D eigenvalue weighted by molar-refractivity contribution is 0.0526. The van der Waals surface area contributed by atoms with Crippen molar-refractivity contribution in [2.24, 2.45) is 0 Å². The van der Waals surface area contributed by atoms with Gasteiger partial charge in [-0.3, -0.25) is 4.72 Å². The van der Waals surface area contributed by atoms with Crippen LogP contribution in [0.5, 0.6) is 0 Å². The molecule has 1 aromatic heterocycles. The van der Waals surface area contributed by atoms with Crippen molar-refractivity contribution in [1.82, 2.24) is 4.98 Å². The zero-order valence-electron chi connectivity index (χ0n) is 15.7. The Labute approximate surface area is 168 Å². The van der Waals surface area contributed by atoms with Crippen LogP contribution >= 0.6 is 11.3 Å². The molecule has 0 aliphatic rings. The summed E-state index contributed by atoms with van der Waals surface area (Å²) in [5, 5.41) is 2.11. The van der Waals surface area contributed by atoms with E-state index in [0.717, 1.165) is 22.4 Å². The van der Waals surface area contributed by atoms with Gasteiger partial charge in [0, 0.05) is 10.9 Å². The number of nitrogens with zero attached hydrogens (tertiary/aromatic N) is 1. The molecule has 1 N–H and O–H groups in total. The second-order valence-corrected chi connectivity index (χ2v) is 8.75. The number of esters is 1. The molecule has 0 fully saturated rings. The average molecular weight is 417 g/mol. The van der Waals surface area contributed by atoms with Crippen molar-refractivity contribution in [2.45, 2.75) is 25.7 Å². The van der Waals surface area contributed by atoms with Gasteiger partial charge in [-0.2, -0.15) is 0 Å². The Morgan fingerprint density at radius 1 is 1.14 bits per heavy atom. The number of carbonyl (C=O) groups excluding carboxylic acids is 1. The molecule has 0 spiro atoms. The molecule has 0 aliphatic heterocycles. The molecule has 0 saturated carbocycles. The Balaban J connectivity index is 1.80. The van der Waals surface area contributed by atoms with Gasteiger partial charge < -0.3 is 4.74 Å². The highest BCUT2D eigenvalue weighted by atomic mass is 32.2. The lowest BCUT2D eigenvalue weighted by Crippen LogP contribution is -2.13. The van der Waals surface area contributed by atoms with E-state index >= 15 is 0 Å². The van der Waals surface area contributed by atoms with E-state index in [1.165, 1.54) is 35.6 Å². The number of aromatic nitrogens is 1. The number of anilines is 1. The highest BCUT2D eigenvalue weighted by molar-refractivity contribution is 7.93. The third kappa shape index (κ3) is 4.40. The zero-order chi connectivity index (χ0) is 20.3. The maximum absolute atomic E-state index is 12.6. The molecule has 0 radical (unpaired) electrons. The lowest BCUT2D eigenvalue weighted by Gasteiger charge is -2.07. The van der Waals surface area contributed by atoms with Crippen molar-refractivity contribution >= 4 is 32.5 Å². The molecule has 146 valence electrons. The van der Waals surface area contributed by atoms with Gasteiger partial charge in [0.2, 0.25) is 0 Å². The van der Waals surface area contributed by atoms with Gasteiger partial charge in [-0.05, 0) is 56.7 Å². The van der Waals surface area contributed by atoms with E-state index in [2.05, 4.69) is 9.71 Å². The third-order valence-corrected chi connectivity index (χ3v) is 6.31. The van der Waals surface area contributed by atoms with Crippen molar-refractivity contribution in [2.75, 3.05) is 11.3 Å². The number of rotatable bonds is 6. The SMILES string of the molecule is CCOC(=O)c1ccc(S(=O)(=O)Nc2nc(-c3cc(C)ccc3C)cs2)cc1. The van der Waals surface area contributed by atoms with E-state index in [1.807, 2.05) is 37.4 Å². The summed E-state index contributed by atoms with van der Waals surface area (Å²) >= 11 is 1.22. The molecular formula is C20H20N2O4S2. The van der Waals surface area contributed by atoms with Gasteiger partial charge in [-0.25, -0.2) is 18.2 Å². The highest BCUT2D eigenvalue weighted by Gasteiger charge is 2.18. The van der Waals surface area contributed by atoms with E-state index < -0.39 is 16.0 Å². The van der Waals surface area contributed by atoms with Gasteiger partial charge >= 0.3 is 5.97 Å². The Bertz CT molecular complexity index is 1100. The summed E-state index contributed by atoms with van der Waals surface area (Å²) in [4.78, 5) is 16.2. The number of sulfonamides is 1. The first-order chi connectivity index (χ1) is 13.3. The number of hydrogen-bond acceptors (Lipinski definition) is 6. The van der Waals surface area contributed by atoms with Gasteiger partial charge in [-0.1, -0.05) is 17.7 Å². The fourth-order valence-electron chi connectivity index (χ4n) is 2.61. The third-order valence-electron chi connectivity index (χ3n) is 4.07. The van der Waals surface area contributed by atoms with Crippen molar-refractivity contribution in [3.63, 3.8) is 0 Å². The predicted octanol–water partition coefficient (Wildman–Crippen LogP) is 4.40. The number of aryl methyl sites for hydroxylation is 2. The van der Waals surface area contributed by atoms with Crippen molar-refractivity contribution < 1.29 is 17.9 Å². The first-order valence-electron chi connectivity index (χ1n) is 8.63. The molecule has 0 bridgehead atoms. The normalized spacial score (nSPS) is 11.2. The Kier molecular flexibility index (Phi) is 5.81. The van der Waals surface area contributed by atoms with Crippen LogP contribution in [0, 0.1) is 13.8 Å². The second kappa shape index (κ2) is 8.12. The molecule has 2 aromatic carbocycles. The van der Waals surface area contributed by atoms with Crippen LogP contribution < -0.4 is 4.72 Å². The van der Waals surface area contributed by atoms with Gasteiger partial charge in [0.1, 0.15) is 0 Å². The van der Waals surface area contributed by atoms with Crippen LogP contribution in [0.4, 0.5) is 5.13 Å².